The van der Waals surface area contributed by atoms with Crippen molar-refractivity contribution in [2.24, 2.45) is 10.2 Å². The van der Waals surface area contributed by atoms with Gasteiger partial charge >= 0.3 is 0 Å². The molecular weight excluding hydrogens is 386 g/mol. The number of rotatable bonds is 4. The highest BCUT2D eigenvalue weighted by atomic mass is 79.9. The van der Waals surface area contributed by atoms with Crippen LogP contribution in [0.3, 0.4) is 0 Å². The largest absolute Gasteiger partial charge is 0.354 e. The van der Waals surface area contributed by atoms with E-state index in [1.807, 2.05) is 72.8 Å². The molecule has 0 fully saturated rings. The van der Waals surface area contributed by atoms with Gasteiger partial charge in [0.1, 0.15) is 5.69 Å². The Morgan fingerprint density at radius 2 is 1.38 bits per heavy atom. The number of benzene rings is 4. The van der Waals surface area contributed by atoms with Gasteiger partial charge in [-0.05, 0) is 47.9 Å². The predicted molar refractivity (Wildman–Crippen MR) is 112 cm³/mol. The van der Waals surface area contributed by atoms with Gasteiger partial charge in [0.25, 0.3) is 0 Å². The minimum absolute atomic E-state index is 0.812. The van der Waals surface area contributed by atoms with Gasteiger partial charge in [-0.2, -0.15) is 5.11 Å². The molecule has 0 aromatic heterocycles. The molecule has 26 heavy (non-hydrogen) atoms. The summed E-state index contributed by atoms with van der Waals surface area (Å²) in [6.07, 6.45) is 0. The second-order valence-corrected chi connectivity index (χ2v) is 6.77. The van der Waals surface area contributed by atoms with Gasteiger partial charge in [-0.1, -0.05) is 64.5 Å². The molecule has 1 N–H and O–H groups in total. The van der Waals surface area contributed by atoms with E-state index in [1.54, 1.807) is 0 Å². The van der Waals surface area contributed by atoms with E-state index in [2.05, 4.69) is 49.7 Å². The Morgan fingerprint density at radius 3 is 2.19 bits per heavy atom. The van der Waals surface area contributed by atoms with Crippen LogP contribution in [0.5, 0.6) is 0 Å². The summed E-state index contributed by atoms with van der Waals surface area (Å²) < 4.78 is 1.02. The van der Waals surface area contributed by atoms with Crippen molar-refractivity contribution in [2.75, 3.05) is 5.32 Å². The van der Waals surface area contributed by atoms with Crippen molar-refractivity contribution in [2.45, 2.75) is 0 Å². The lowest BCUT2D eigenvalue weighted by atomic mass is 10.1. The summed E-state index contributed by atoms with van der Waals surface area (Å²) in [4.78, 5) is 0. The molecule has 0 aliphatic heterocycles. The number of nitrogens with one attached hydrogen (secondary N) is 1. The quantitative estimate of drug-likeness (QED) is 0.348. The van der Waals surface area contributed by atoms with Gasteiger partial charge in [0, 0.05) is 15.5 Å². The van der Waals surface area contributed by atoms with E-state index in [9.17, 15) is 0 Å². The third-order valence-corrected chi connectivity index (χ3v) is 4.57. The summed E-state index contributed by atoms with van der Waals surface area (Å²) in [6, 6.07) is 30.2. The number of halogens is 1. The van der Waals surface area contributed by atoms with Crippen LogP contribution in [0.25, 0.3) is 10.8 Å². The maximum Gasteiger partial charge on any atom is 0.117 e. The van der Waals surface area contributed by atoms with Crippen molar-refractivity contribution in [1.29, 1.82) is 0 Å². The number of azo groups is 1. The highest BCUT2D eigenvalue weighted by Gasteiger charge is 2.08. The van der Waals surface area contributed by atoms with Gasteiger partial charge < -0.3 is 5.32 Å². The number of hydrogen-bond acceptors (Lipinski definition) is 3. The second-order valence-electron chi connectivity index (χ2n) is 5.85. The number of hydrogen-bond donors (Lipinski definition) is 1. The lowest BCUT2D eigenvalue weighted by molar-refractivity contribution is 1.24. The van der Waals surface area contributed by atoms with Crippen LogP contribution in [-0.4, -0.2) is 0 Å². The van der Waals surface area contributed by atoms with Gasteiger partial charge in [-0.3, -0.25) is 0 Å². The molecule has 0 atom stereocenters. The molecule has 0 saturated heterocycles. The minimum Gasteiger partial charge on any atom is -0.354 e. The summed E-state index contributed by atoms with van der Waals surface area (Å²) in [5, 5.41) is 14.7. The van der Waals surface area contributed by atoms with Crippen molar-refractivity contribution in [1.82, 2.24) is 0 Å². The third kappa shape index (κ3) is 3.65. The van der Waals surface area contributed by atoms with Crippen LogP contribution in [0.2, 0.25) is 0 Å². The fraction of sp³-hybridized carbons (Fsp3) is 0. The Morgan fingerprint density at radius 1 is 0.654 bits per heavy atom. The highest BCUT2D eigenvalue weighted by molar-refractivity contribution is 9.10. The zero-order valence-electron chi connectivity index (χ0n) is 13.9. The molecule has 0 radical (unpaired) electrons. The Hall–Kier alpha value is -2.98. The van der Waals surface area contributed by atoms with E-state index in [1.165, 1.54) is 0 Å². The minimum atomic E-state index is 0.812. The molecule has 0 spiro atoms. The molecule has 4 heteroatoms. The Kier molecular flexibility index (Phi) is 4.75. The van der Waals surface area contributed by atoms with Gasteiger partial charge in [0.05, 0.1) is 11.4 Å². The molecule has 0 amide bonds. The fourth-order valence-electron chi connectivity index (χ4n) is 2.76. The monoisotopic (exact) mass is 401 g/mol. The molecule has 0 saturated carbocycles. The fourth-order valence-corrected chi connectivity index (χ4v) is 3.02. The first-order chi connectivity index (χ1) is 12.8. The SMILES string of the molecule is Brc1ccc(N=Nc2c(Nc3ccccc3)ccc3ccccc23)cc1. The Bertz CT molecular complexity index is 1060. The normalized spacial score (nSPS) is 11.1. The van der Waals surface area contributed by atoms with Crippen molar-refractivity contribution in [3.63, 3.8) is 0 Å². The van der Waals surface area contributed by atoms with Crippen LogP contribution in [0, 0.1) is 0 Å². The molecule has 4 rings (SSSR count). The summed E-state index contributed by atoms with van der Waals surface area (Å²) in [5.41, 5.74) is 3.58. The average Bonchev–Trinajstić information content (AvgIpc) is 2.69. The van der Waals surface area contributed by atoms with E-state index < -0.39 is 0 Å². The van der Waals surface area contributed by atoms with Crippen LogP contribution in [0.4, 0.5) is 22.7 Å². The second kappa shape index (κ2) is 7.50. The summed E-state index contributed by atoms with van der Waals surface area (Å²) >= 11 is 3.44. The van der Waals surface area contributed by atoms with Gasteiger partial charge in [0.2, 0.25) is 0 Å². The lowest BCUT2D eigenvalue weighted by Gasteiger charge is -2.11. The molecule has 0 unspecified atom stereocenters. The number of para-hydroxylation sites is 1. The van der Waals surface area contributed by atoms with Crippen molar-refractivity contribution in [3.8, 4) is 0 Å². The zero-order chi connectivity index (χ0) is 17.8. The van der Waals surface area contributed by atoms with Crippen molar-refractivity contribution in [3.05, 3.63) is 95.5 Å². The molecule has 0 aliphatic carbocycles. The maximum absolute atomic E-state index is 4.58. The zero-order valence-corrected chi connectivity index (χ0v) is 15.5. The third-order valence-electron chi connectivity index (χ3n) is 4.05. The first-order valence-electron chi connectivity index (χ1n) is 8.31. The number of anilines is 2. The molecule has 4 aromatic rings. The number of fused-ring (bicyclic) bond motifs is 1. The van der Waals surface area contributed by atoms with Crippen molar-refractivity contribution >= 4 is 49.5 Å². The first-order valence-corrected chi connectivity index (χ1v) is 9.10. The average molecular weight is 402 g/mol. The standard InChI is InChI=1S/C22H16BrN3/c23-17-11-13-19(14-12-17)25-26-22-20-9-5-4-6-16(20)10-15-21(22)24-18-7-2-1-3-8-18/h1-15,24H. The van der Waals surface area contributed by atoms with E-state index >= 15 is 0 Å². The smallest absolute Gasteiger partial charge is 0.117 e. The summed E-state index contributed by atoms with van der Waals surface area (Å²) in [7, 11) is 0. The Balaban J connectivity index is 1.79. The van der Waals surface area contributed by atoms with Gasteiger partial charge in [-0.15, -0.1) is 5.11 Å². The van der Waals surface area contributed by atoms with Gasteiger partial charge in [0.15, 0.2) is 0 Å². The lowest BCUT2D eigenvalue weighted by Crippen LogP contribution is -1.90. The Labute approximate surface area is 160 Å². The van der Waals surface area contributed by atoms with Crippen LogP contribution in [0.1, 0.15) is 0 Å². The first kappa shape index (κ1) is 16.5. The predicted octanol–water partition coefficient (Wildman–Crippen LogP) is 7.76. The van der Waals surface area contributed by atoms with Gasteiger partial charge in [-0.25, -0.2) is 0 Å². The number of nitrogens with zero attached hydrogens (tertiary/aromatic N) is 2. The molecule has 0 heterocycles. The summed E-state index contributed by atoms with van der Waals surface area (Å²) in [5.74, 6) is 0. The van der Waals surface area contributed by atoms with E-state index in [0.29, 0.717) is 0 Å². The van der Waals surface area contributed by atoms with Crippen LogP contribution in [0.15, 0.2) is 106 Å². The van der Waals surface area contributed by atoms with Crippen molar-refractivity contribution < 1.29 is 0 Å². The molecule has 3 nitrogen and oxygen atoms in total. The van der Waals surface area contributed by atoms with E-state index in [-0.39, 0.29) is 0 Å². The topological polar surface area (TPSA) is 36.8 Å². The molecule has 0 bridgehead atoms. The van der Waals surface area contributed by atoms with Crippen LogP contribution in [-0.2, 0) is 0 Å². The maximum atomic E-state index is 4.58. The molecule has 4 aromatic carbocycles. The van der Waals surface area contributed by atoms with Crippen LogP contribution >= 0.6 is 15.9 Å². The molecular formula is C22H16BrN3. The molecule has 0 aliphatic rings. The van der Waals surface area contributed by atoms with E-state index in [4.69, 9.17) is 0 Å². The summed E-state index contributed by atoms with van der Waals surface area (Å²) in [6.45, 7) is 0. The molecule has 126 valence electrons. The van der Waals surface area contributed by atoms with E-state index in [0.717, 1.165) is 38.0 Å². The highest BCUT2D eigenvalue weighted by Crippen LogP contribution is 2.36. The van der Waals surface area contributed by atoms with Crippen LogP contribution < -0.4 is 5.32 Å².